The molecule has 0 unspecified atom stereocenters. The first-order chi connectivity index (χ1) is 12.7. The van der Waals surface area contributed by atoms with Crippen molar-refractivity contribution in [2.75, 3.05) is 0 Å². The Labute approximate surface area is 165 Å². The van der Waals surface area contributed by atoms with Crippen LogP contribution in [0.15, 0.2) is 63.1 Å². The lowest BCUT2D eigenvalue weighted by molar-refractivity contribution is 0.405. The van der Waals surface area contributed by atoms with Crippen molar-refractivity contribution in [1.29, 1.82) is 0 Å². The molecule has 0 radical (unpaired) electrons. The van der Waals surface area contributed by atoms with Crippen LogP contribution in [0.3, 0.4) is 0 Å². The van der Waals surface area contributed by atoms with E-state index < -0.39 is 30.7 Å². The summed E-state index contributed by atoms with van der Waals surface area (Å²) in [6, 6.07) is 11.8. The summed E-state index contributed by atoms with van der Waals surface area (Å²) in [6.07, 6.45) is 0. The third-order valence-electron chi connectivity index (χ3n) is 3.47. The molecule has 27 heavy (non-hydrogen) atoms. The number of aromatic nitrogens is 2. The van der Waals surface area contributed by atoms with E-state index >= 15 is 0 Å². The third-order valence-corrected chi connectivity index (χ3v) is 7.00. The maximum absolute atomic E-state index is 12.4. The minimum Gasteiger partial charge on any atom is -0.411 e. The maximum atomic E-state index is 12.4. The van der Waals surface area contributed by atoms with Gasteiger partial charge in [0.1, 0.15) is 5.75 Å². The quantitative estimate of drug-likeness (QED) is 0.571. The van der Waals surface area contributed by atoms with Gasteiger partial charge in [-0.3, -0.25) is 0 Å². The van der Waals surface area contributed by atoms with Crippen LogP contribution in [0.2, 0.25) is 10.0 Å². The highest BCUT2D eigenvalue weighted by Crippen LogP contribution is 2.21. The molecule has 0 N–H and O–H groups in total. The predicted molar refractivity (Wildman–Crippen MR) is 99.0 cm³/mol. The van der Waals surface area contributed by atoms with Gasteiger partial charge >= 0.3 is 5.22 Å². The Hall–Kier alpha value is -1.94. The second kappa shape index (κ2) is 7.59. The summed E-state index contributed by atoms with van der Waals surface area (Å²) in [4.78, 5) is 0.00988. The molecule has 0 bridgehead atoms. The molecule has 2 aromatic carbocycles. The Bertz CT molecular complexity index is 1160. The second-order valence-corrected chi connectivity index (χ2v) is 10.3. The molecule has 0 amide bonds. The number of benzene rings is 2. The highest BCUT2D eigenvalue weighted by atomic mass is 35.5. The highest BCUT2D eigenvalue weighted by Gasteiger charge is 2.26. The summed E-state index contributed by atoms with van der Waals surface area (Å²) in [5.74, 6) is -1.33. The molecule has 7 nitrogen and oxygen atoms in total. The number of nitrogens with zero attached hydrogens (tertiary/aromatic N) is 2. The summed E-state index contributed by atoms with van der Waals surface area (Å²) in [7, 11) is -7.72. The molecule has 11 heteroatoms. The Morgan fingerprint density at radius 3 is 1.89 bits per heavy atom. The van der Waals surface area contributed by atoms with Crippen molar-refractivity contribution in [3.05, 3.63) is 70.0 Å². The zero-order valence-electron chi connectivity index (χ0n) is 13.5. The van der Waals surface area contributed by atoms with Gasteiger partial charge in [0.25, 0.3) is 0 Å². The second-order valence-electron chi connectivity index (χ2n) is 5.56. The van der Waals surface area contributed by atoms with Crippen LogP contribution in [0.5, 0.6) is 0 Å². The molecule has 0 saturated heterocycles. The first kappa shape index (κ1) is 19.8. The molecule has 1 heterocycles. The lowest BCUT2D eigenvalue weighted by atomic mass is 10.2. The van der Waals surface area contributed by atoms with Gasteiger partial charge in [0, 0.05) is 10.0 Å². The molecule has 3 rings (SSSR count). The van der Waals surface area contributed by atoms with E-state index in [1.54, 1.807) is 24.3 Å². The van der Waals surface area contributed by atoms with E-state index in [0.717, 1.165) is 0 Å². The Morgan fingerprint density at radius 1 is 0.741 bits per heavy atom. The molecule has 0 atom stereocenters. The van der Waals surface area contributed by atoms with Crippen molar-refractivity contribution >= 4 is 42.9 Å². The molecule has 0 aliphatic heterocycles. The molecule has 0 aliphatic rings. The fourth-order valence-corrected chi connectivity index (χ4v) is 4.73. The minimum atomic E-state index is -3.93. The molecule has 0 spiro atoms. The van der Waals surface area contributed by atoms with Crippen LogP contribution >= 0.6 is 23.2 Å². The molecule has 0 fully saturated rings. The van der Waals surface area contributed by atoms with Crippen molar-refractivity contribution in [2.24, 2.45) is 0 Å². The molecule has 1 aromatic heterocycles. The van der Waals surface area contributed by atoms with Crippen LogP contribution < -0.4 is 0 Å². The van der Waals surface area contributed by atoms with Crippen LogP contribution in [-0.4, -0.2) is 27.0 Å². The molecule has 3 aromatic rings. The van der Waals surface area contributed by atoms with Crippen LogP contribution in [0.4, 0.5) is 0 Å². The SMILES string of the molecule is O=S(=O)(Cc1nnc(S(=O)(=O)Cc2ccc(Cl)cc2)o1)c1ccc(Cl)cc1. The van der Waals surface area contributed by atoms with Crippen molar-refractivity contribution in [1.82, 2.24) is 10.2 Å². The van der Waals surface area contributed by atoms with Gasteiger partial charge in [-0.15, -0.1) is 5.10 Å². The van der Waals surface area contributed by atoms with Crippen molar-refractivity contribution in [3.8, 4) is 0 Å². The number of sulfone groups is 2. The van der Waals surface area contributed by atoms with Gasteiger partial charge in [0.05, 0.1) is 10.6 Å². The van der Waals surface area contributed by atoms with Crippen molar-refractivity contribution < 1.29 is 21.3 Å². The van der Waals surface area contributed by atoms with Crippen LogP contribution in [0.25, 0.3) is 0 Å². The van der Waals surface area contributed by atoms with Gasteiger partial charge in [-0.25, -0.2) is 16.8 Å². The fourth-order valence-electron chi connectivity index (χ4n) is 2.17. The number of rotatable bonds is 6. The summed E-state index contributed by atoms with van der Waals surface area (Å²) in [5.41, 5.74) is 0.480. The average Bonchev–Trinajstić information content (AvgIpc) is 3.06. The van der Waals surface area contributed by atoms with Gasteiger partial charge in [-0.05, 0) is 42.0 Å². The molecule has 0 aliphatic carbocycles. The van der Waals surface area contributed by atoms with Gasteiger partial charge in [-0.2, -0.15) is 0 Å². The van der Waals surface area contributed by atoms with Gasteiger partial charge in [0.2, 0.25) is 15.7 Å². The molecular formula is C16H12Cl2N2O5S2. The van der Waals surface area contributed by atoms with E-state index in [-0.39, 0.29) is 16.5 Å². The first-order valence-electron chi connectivity index (χ1n) is 7.44. The smallest absolute Gasteiger partial charge is 0.335 e. The standard InChI is InChI=1S/C16H12Cl2N2O5S2/c17-12-3-1-11(2-4-12)9-27(23,24)16-20-19-15(25-16)10-26(21,22)14-7-5-13(18)6-8-14/h1-8H,9-10H2. The van der Waals surface area contributed by atoms with Gasteiger partial charge in [-0.1, -0.05) is 40.4 Å². The highest BCUT2D eigenvalue weighted by molar-refractivity contribution is 7.90. The predicted octanol–water partition coefficient (Wildman–Crippen LogP) is 3.32. The fraction of sp³-hybridized carbons (Fsp3) is 0.125. The van der Waals surface area contributed by atoms with Crippen LogP contribution in [0, 0.1) is 0 Å². The molecule has 0 saturated carbocycles. The Kier molecular flexibility index (Phi) is 5.57. The van der Waals surface area contributed by atoms with Crippen molar-refractivity contribution in [2.45, 2.75) is 21.6 Å². The lowest BCUT2D eigenvalue weighted by Crippen LogP contribution is -2.06. The number of hydrogen-bond donors (Lipinski definition) is 0. The molecular weight excluding hydrogens is 435 g/mol. The zero-order chi connectivity index (χ0) is 19.7. The number of hydrogen-bond acceptors (Lipinski definition) is 7. The van der Waals surface area contributed by atoms with Crippen LogP contribution in [-0.2, 0) is 31.2 Å². The maximum Gasteiger partial charge on any atom is 0.335 e. The van der Waals surface area contributed by atoms with E-state index in [2.05, 4.69) is 10.2 Å². The number of halogens is 2. The largest absolute Gasteiger partial charge is 0.411 e. The summed E-state index contributed by atoms with van der Waals surface area (Å²) < 4.78 is 54.6. The Balaban J connectivity index is 1.79. The third kappa shape index (κ3) is 4.86. The molecule has 142 valence electrons. The lowest BCUT2D eigenvalue weighted by Gasteiger charge is -2.02. The minimum absolute atomic E-state index is 0.00988. The van der Waals surface area contributed by atoms with E-state index in [1.165, 1.54) is 24.3 Å². The van der Waals surface area contributed by atoms with E-state index in [4.69, 9.17) is 27.6 Å². The Morgan fingerprint density at radius 2 is 1.30 bits per heavy atom. The zero-order valence-corrected chi connectivity index (χ0v) is 16.7. The monoisotopic (exact) mass is 446 g/mol. The van der Waals surface area contributed by atoms with Crippen molar-refractivity contribution in [3.63, 3.8) is 0 Å². The van der Waals surface area contributed by atoms with E-state index in [9.17, 15) is 16.8 Å². The normalized spacial score (nSPS) is 12.2. The topological polar surface area (TPSA) is 107 Å². The van der Waals surface area contributed by atoms with E-state index in [0.29, 0.717) is 15.6 Å². The first-order valence-corrected chi connectivity index (χ1v) is 11.5. The summed E-state index contributed by atoms with van der Waals surface area (Å²) in [6.45, 7) is 0. The van der Waals surface area contributed by atoms with Gasteiger partial charge < -0.3 is 4.42 Å². The van der Waals surface area contributed by atoms with Gasteiger partial charge in [0.15, 0.2) is 9.84 Å². The van der Waals surface area contributed by atoms with E-state index in [1.807, 2.05) is 0 Å². The average molecular weight is 447 g/mol. The van der Waals surface area contributed by atoms with Crippen LogP contribution in [0.1, 0.15) is 11.5 Å². The summed E-state index contributed by atoms with van der Waals surface area (Å²) >= 11 is 11.5. The summed E-state index contributed by atoms with van der Waals surface area (Å²) in [5, 5.41) is 7.25.